The van der Waals surface area contributed by atoms with E-state index >= 15 is 0 Å². The summed E-state index contributed by atoms with van der Waals surface area (Å²) in [6, 6.07) is 18.0. The smallest absolute Gasteiger partial charge is 0.276 e. The van der Waals surface area contributed by atoms with E-state index in [1.807, 2.05) is 61.5 Å². The number of carbonyl (C=O) groups excluding carboxylic acids is 1. The standard InChI is InChI=1S/C23H24N2O5S/c1-2-29-20-10-8-17(9-11-20)15-25(19-12-13-31(27,28)16-19)23(26)21-14-22(30-24-21)18-6-4-3-5-7-18/h3-11,14,19H,2,12-13,15-16H2,1H3/t19-/m1/s1. The number of rotatable bonds is 7. The second-order valence-corrected chi connectivity index (χ2v) is 9.74. The van der Waals surface area contributed by atoms with Crippen LogP contribution in [0.4, 0.5) is 0 Å². The molecule has 0 unspecified atom stereocenters. The Hall–Kier alpha value is -3.13. The van der Waals surface area contributed by atoms with Crippen LogP contribution in [-0.2, 0) is 16.4 Å². The molecule has 162 valence electrons. The molecule has 1 atom stereocenters. The number of ether oxygens (including phenoxy) is 1. The highest BCUT2D eigenvalue weighted by Crippen LogP contribution is 2.25. The fraction of sp³-hybridized carbons (Fsp3) is 0.304. The Morgan fingerprint density at radius 3 is 2.55 bits per heavy atom. The third-order valence-corrected chi connectivity index (χ3v) is 7.04. The van der Waals surface area contributed by atoms with E-state index in [1.165, 1.54) is 0 Å². The zero-order valence-electron chi connectivity index (χ0n) is 17.2. The molecule has 1 amide bonds. The highest BCUT2D eigenvalue weighted by atomic mass is 32.2. The van der Waals surface area contributed by atoms with Crippen LogP contribution in [0.1, 0.15) is 29.4 Å². The van der Waals surface area contributed by atoms with Gasteiger partial charge in [-0.15, -0.1) is 0 Å². The number of sulfone groups is 1. The largest absolute Gasteiger partial charge is 0.494 e. The number of hydrogen-bond acceptors (Lipinski definition) is 6. The van der Waals surface area contributed by atoms with Gasteiger partial charge in [0.15, 0.2) is 21.3 Å². The Bertz CT molecular complexity index is 1140. The number of nitrogens with zero attached hydrogens (tertiary/aromatic N) is 2. The third-order valence-electron chi connectivity index (χ3n) is 5.28. The maximum absolute atomic E-state index is 13.3. The summed E-state index contributed by atoms with van der Waals surface area (Å²) in [6.45, 7) is 2.76. The van der Waals surface area contributed by atoms with Crippen LogP contribution in [0.2, 0.25) is 0 Å². The molecule has 7 nitrogen and oxygen atoms in total. The molecular formula is C23H24N2O5S. The summed E-state index contributed by atoms with van der Waals surface area (Å²) < 4.78 is 35.0. The lowest BCUT2D eigenvalue weighted by atomic mass is 10.1. The molecule has 1 saturated heterocycles. The average molecular weight is 441 g/mol. The Morgan fingerprint density at radius 2 is 1.90 bits per heavy atom. The molecule has 0 saturated carbocycles. The second kappa shape index (κ2) is 8.93. The van der Waals surface area contributed by atoms with E-state index in [9.17, 15) is 13.2 Å². The summed E-state index contributed by atoms with van der Waals surface area (Å²) in [4.78, 5) is 14.9. The first kappa shape index (κ1) is 21.1. The molecule has 1 fully saturated rings. The van der Waals surface area contributed by atoms with Gasteiger partial charge in [0, 0.05) is 24.2 Å². The van der Waals surface area contributed by atoms with Crippen molar-refractivity contribution in [2.24, 2.45) is 0 Å². The Morgan fingerprint density at radius 1 is 1.16 bits per heavy atom. The van der Waals surface area contributed by atoms with Crippen LogP contribution in [0, 0.1) is 0 Å². The Kier molecular flexibility index (Phi) is 6.08. The Balaban J connectivity index is 1.59. The van der Waals surface area contributed by atoms with Crippen molar-refractivity contribution in [2.75, 3.05) is 18.1 Å². The van der Waals surface area contributed by atoms with Crippen molar-refractivity contribution >= 4 is 15.7 Å². The minimum atomic E-state index is -3.16. The quantitative estimate of drug-likeness (QED) is 0.558. The van der Waals surface area contributed by atoms with Gasteiger partial charge in [0.25, 0.3) is 5.91 Å². The minimum absolute atomic E-state index is 0.0425. The topological polar surface area (TPSA) is 89.7 Å². The fourth-order valence-corrected chi connectivity index (χ4v) is 5.43. The van der Waals surface area contributed by atoms with Gasteiger partial charge in [0.05, 0.1) is 18.1 Å². The SMILES string of the molecule is CCOc1ccc(CN(C(=O)c2cc(-c3ccccc3)on2)[C@@H]2CCS(=O)(=O)C2)cc1. The first-order valence-electron chi connectivity index (χ1n) is 10.2. The van der Waals surface area contributed by atoms with E-state index in [1.54, 1.807) is 11.0 Å². The first-order chi connectivity index (χ1) is 14.9. The van der Waals surface area contributed by atoms with Crippen LogP contribution in [-0.4, -0.2) is 48.5 Å². The summed E-state index contributed by atoms with van der Waals surface area (Å²) in [5.41, 5.74) is 1.86. The van der Waals surface area contributed by atoms with Crippen molar-refractivity contribution < 1.29 is 22.5 Å². The third kappa shape index (κ3) is 4.96. The summed E-state index contributed by atoms with van der Waals surface area (Å²) >= 11 is 0. The summed E-state index contributed by atoms with van der Waals surface area (Å²) in [6.07, 6.45) is 0.411. The van der Waals surface area contributed by atoms with E-state index in [4.69, 9.17) is 9.26 Å². The maximum atomic E-state index is 13.3. The van der Waals surface area contributed by atoms with Crippen LogP contribution < -0.4 is 4.74 Å². The van der Waals surface area contributed by atoms with E-state index < -0.39 is 15.9 Å². The van der Waals surface area contributed by atoms with Gasteiger partial charge in [0.2, 0.25) is 0 Å². The number of benzene rings is 2. The number of amides is 1. The molecule has 0 radical (unpaired) electrons. The van der Waals surface area contributed by atoms with Gasteiger partial charge in [0.1, 0.15) is 5.75 Å². The monoisotopic (exact) mass is 440 g/mol. The van der Waals surface area contributed by atoms with E-state index in [-0.39, 0.29) is 29.7 Å². The van der Waals surface area contributed by atoms with Crippen molar-refractivity contribution in [1.82, 2.24) is 10.1 Å². The van der Waals surface area contributed by atoms with Gasteiger partial charge in [-0.25, -0.2) is 8.42 Å². The van der Waals surface area contributed by atoms with Crippen molar-refractivity contribution in [1.29, 1.82) is 0 Å². The molecule has 1 aliphatic heterocycles. The van der Waals surface area contributed by atoms with Gasteiger partial charge in [-0.1, -0.05) is 47.6 Å². The average Bonchev–Trinajstić information content (AvgIpc) is 3.40. The molecule has 31 heavy (non-hydrogen) atoms. The molecule has 1 aliphatic rings. The molecule has 0 bridgehead atoms. The van der Waals surface area contributed by atoms with E-state index in [0.29, 0.717) is 18.8 Å². The van der Waals surface area contributed by atoms with Crippen molar-refractivity contribution in [3.8, 4) is 17.1 Å². The van der Waals surface area contributed by atoms with Crippen LogP contribution in [0.15, 0.2) is 65.2 Å². The fourth-order valence-electron chi connectivity index (χ4n) is 3.70. The van der Waals surface area contributed by atoms with Crippen molar-refractivity contribution in [3.05, 3.63) is 71.9 Å². The summed E-state index contributed by atoms with van der Waals surface area (Å²) in [5, 5.41) is 3.97. The van der Waals surface area contributed by atoms with Crippen LogP contribution in [0.3, 0.4) is 0 Å². The van der Waals surface area contributed by atoms with Crippen LogP contribution in [0.5, 0.6) is 5.75 Å². The predicted octanol–water partition coefficient (Wildman–Crippen LogP) is 3.57. The Labute approximate surface area is 181 Å². The summed E-state index contributed by atoms with van der Waals surface area (Å²) in [7, 11) is -3.16. The normalized spacial score (nSPS) is 17.4. The highest BCUT2D eigenvalue weighted by Gasteiger charge is 2.36. The zero-order chi connectivity index (χ0) is 21.8. The number of carbonyl (C=O) groups is 1. The lowest BCUT2D eigenvalue weighted by Crippen LogP contribution is -2.40. The molecule has 0 spiro atoms. The lowest BCUT2D eigenvalue weighted by molar-refractivity contribution is 0.0670. The predicted molar refractivity (Wildman–Crippen MR) is 116 cm³/mol. The van der Waals surface area contributed by atoms with Gasteiger partial charge in [-0.3, -0.25) is 4.79 Å². The van der Waals surface area contributed by atoms with Crippen LogP contribution >= 0.6 is 0 Å². The molecule has 2 heterocycles. The van der Waals surface area contributed by atoms with E-state index in [0.717, 1.165) is 16.9 Å². The molecule has 1 aromatic heterocycles. The summed E-state index contributed by atoms with van der Waals surface area (Å²) in [5.74, 6) is 0.931. The van der Waals surface area contributed by atoms with Gasteiger partial charge in [-0.2, -0.15) is 0 Å². The molecule has 8 heteroatoms. The van der Waals surface area contributed by atoms with E-state index in [2.05, 4.69) is 5.16 Å². The molecule has 4 rings (SSSR count). The lowest BCUT2D eigenvalue weighted by Gasteiger charge is -2.27. The van der Waals surface area contributed by atoms with Gasteiger partial charge < -0.3 is 14.2 Å². The maximum Gasteiger partial charge on any atom is 0.276 e. The zero-order valence-corrected chi connectivity index (χ0v) is 18.0. The molecule has 3 aromatic rings. The molecule has 2 aromatic carbocycles. The number of hydrogen-bond donors (Lipinski definition) is 0. The minimum Gasteiger partial charge on any atom is -0.494 e. The van der Waals surface area contributed by atoms with Crippen molar-refractivity contribution in [3.63, 3.8) is 0 Å². The van der Waals surface area contributed by atoms with Gasteiger partial charge in [-0.05, 0) is 31.0 Å². The first-order valence-corrected chi connectivity index (χ1v) is 12.0. The highest BCUT2D eigenvalue weighted by molar-refractivity contribution is 7.91. The van der Waals surface area contributed by atoms with Gasteiger partial charge >= 0.3 is 0 Å². The second-order valence-electron chi connectivity index (χ2n) is 7.51. The molecular weight excluding hydrogens is 416 g/mol. The molecule has 0 aliphatic carbocycles. The van der Waals surface area contributed by atoms with Crippen LogP contribution in [0.25, 0.3) is 11.3 Å². The number of aromatic nitrogens is 1. The molecule has 0 N–H and O–H groups in total. The van der Waals surface area contributed by atoms with Crippen molar-refractivity contribution in [2.45, 2.75) is 25.9 Å².